The van der Waals surface area contributed by atoms with E-state index in [9.17, 15) is 4.79 Å². The number of rotatable bonds is 13. The minimum atomic E-state index is -0.00795. The number of amides is 1. The van der Waals surface area contributed by atoms with Gasteiger partial charge in [0.05, 0.1) is 19.9 Å². The molecule has 0 aliphatic rings. The van der Waals surface area contributed by atoms with Gasteiger partial charge in [0.2, 0.25) is 0 Å². The minimum absolute atomic E-state index is 0.00795. The topological polar surface area (TPSA) is 67.8 Å². The number of thioether (sulfide) groups is 1. The number of likely N-dealkylation sites (N-methyl/N-ethyl adjacent to an activating group) is 1. The van der Waals surface area contributed by atoms with Gasteiger partial charge >= 0.3 is 0 Å². The number of hydrogen-bond acceptors (Lipinski definition) is 7. The van der Waals surface area contributed by atoms with Crippen molar-refractivity contribution in [2.24, 2.45) is 0 Å². The fraction of sp³-hybridized carbons (Fsp3) is 0.216. The summed E-state index contributed by atoms with van der Waals surface area (Å²) in [5.41, 5.74) is 5.85. The highest BCUT2D eigenvalue weighted by molar-refractivity contribution is 7.98. The highest BCUT2D eigenvalue weighted by Gasteiger charge is 2.15. The first-order valence-electron chi connectivity index (χ1n) is 14.8. The lowest BCUT2D eigenvalue weighted by molar-refractivity contribution is 0.0785. The van der Waals surface area contributed by atoms with Crippen LogP contribution >= 0.6 is 11.8 Å². The van der Waals surface area contributed by atoms with Crippen LogP contribution in [0.5, 0.6) is 11.5 Å². The third-order valence-corrected chi connectivity index (χ3v) is 8.41. The molecule has 230 valence electrons. The van der Waals surface area contributed by atoms with Gasteiger partial charge in [-0.3, -0.25) is 4.79 Å². The maximum absolute atomic E-state index is 13.2. The molecule has 0 aliphatic heterocycles. The highest BCUT2D eigenvalue weighted by Crippen LogP contribution is 2.29. The van der Waals surface area contributed by atoms with E-state index in [4.69, 9.17) is 19.4 Å². The quantitative estimate of drug-likeness (QED) is 0.101. The Labute approximate surface area is 269 Å². The smallest absolute Gasteiger partial charge is 0.253 e. The molecule has 0 unspecified atom stereocenters. The van der Waals surface area contributed by atoms with E-state index >= 15 is 0 Å². The molecule has 4 aromatic carbocycles. The fourth-order valence-corrected chi connectivity index (χ4v) is 5.77. The third kappa shape index (κ3) is 8.42. The Morgan fingerprint density at radius 2 is 1.44 bits per heavy atom. The van der Waals surface area contributed by atoms with Crippen LogP contribution in [0.2, 0.25) is 0 Å². The molecule has 0 radical (unpaired) electrons. The van der Waals surface area contributed by atoms with Crippen molar-refractivity contribution in [2.45, 2.75) is 23.9 Å². The maximum Gasteiger partial charge on any atom is 0.253 e. The van der Waals surface area contributed by atoms with Gasteiger partial charge in [0, 0.05) is 50.1 Å². The number of hydrogen-bond donors (Lipinski definition) is 0. The molecule has 1 amide bonds. The number of aromatic nitrogens is 2. The predicted octanol–water partition coefficient (Wildman–Crippen LogP) is 7.40. The normalized spacial score (nSPS) is 10.8. The molecule has 0 N–H and O–H groups in total. The van der Waals surface area contributed by atoms with E-state index in [1.54, 1.807) is 30.9 Å². The molecular weight excluding hydrogens is 580 g/mol. The summed E-state index contributed by atoms with van der Waals surface area (Å²) in [6.07, 6.45) is 0.809. The van der Waals surface area contributed by atoms with Crippen molar-refractivity contribution < 1.29 is 14.3 Å². The predicted molar refractivity (Wildman–Crippen MR) is 182 cm³/mol. The molecule has 8 heteroatoms. The Morgan fingerprint density at radius 1 is 0.733 bits per heavy atom. The van der Waals surface area contributed by atoms with Crippen LogP contribution in [0, 0.1) is 0 Å². The van der Waals surface area contributed by atoms with Crippen LogP contribution in [0.4, 0.5) is 5.82 Å². The molecule has 0 saturated carbocycles. The maximum atomic E-state index is 13.2. The van der Waals surface area contributed by atoms with E-state index in [-0.39, 0.29) is 5.91 Å². The molecule has 1 heterocycles. The Kier molecular flexibility index (Phi) is 10.7. The minimum Gasteiger partial charge on any atom is -0.493 e. The van der Waals surface area contributed by atoms with Crippen molar-refractivity contribution in [1.82, 2.24) is 14.9 Å². The van der Waals surface area contributed by atoms with Gasteiger partial charge in [0.25, 0.3) is 5.91 Å². The zero-order valence-corrected chi connectivity index (χ0v) is 27.0. The molecule has 5 rings (SSSR count). The van der Waals surface area contributed by atoms with Crippen molar-refractivity contribution >= 4 is 23.5 Å². The van der Waals surface area contributed by atoms with Gasteiger partial charge in [-0.2, -0.15) is 0 Å². The molecular formula is C37H38N4O3S. The molecule has 7 nitrogen and oxygen atoms in total. The van der Waals surface area contributed by atoms with Crippen molar-refractivity contribution in [3.8, 4) is 22.8 Å². The second-order valence-electron chi connectivity index (χ2n) is 10.8. The average Bonchev–Trinajstić information content (AvgIpc) is 3.10. The van der Waals surface area contributed by atoms with Crippen molar-refractivity contribution in [2.75, 3.05) is 39.8 Å². The van der Waals surface area contributed by atoms with E-state index in [0.717, 1.165) is 52.5 Å². The summed E-state index contributed by atoms with van der Waals surface area (Å²) in [6, 6.07) is 36.0. The van der Waals surface area contributed by atoms with Crippen LogP contribution in [0.3, 0.4) is 0 Å². The first-order valence-corrected chi connectivity index (χ1v) is 15.8. The van der Waals surface area contributed by atoms with Gasteiger partial charge in [-0.25, -0.2) is 9.97 Å². The first-order chi connectivity index (χ1) is 21.9. The molecule has 5 aromatic rings. The molecule has 0 fully saturated rings. The van der Waals surface area contributed by atoms with Crippen LogP contribution in [-0.2, 0) is 18.7 Å². The van der Waals surface area contributed by atoms with Gasteiger partial charge < -0.3 is 19.3 Å². The SMILES string of the molecule is COc1ccc(CCN(C)c2cc(-c3ccccc3)nc(SCc3cccc(C(=O)N(C)Cc4ccccc4)c3)n2)cc1OC. The molecule has 0 aliphatic carbocycles. The average molecular weight is 619 g/mol. The lowest BCUT2D eigenvalue weighted by Crippen LogP contribution is -2.26. The van der Waals surface area contributed by atoms with Gasteiger partial charge in [-0.05, 0) is 47.4 Å². The Balaban J connectivity index is 1.31. The van der Waals surface area contributed by atoms with Crippen LogP contribution in [0.25, 0.3) is 11.3 Å². The second kappa shape index (κ2) is 15.3. The van der Waals surface area contributed by atoms with Crippen molar-refractivity contribution in [3.63, 3.8) is 0 Å². The van der Waals surface area contributed by atoms with E-state index in [0.29, 0.717) is 28.8 Å². The summed E-state index contributed by atoms with van der Waals surface area (Å²) in [6.45, 7) is 1.31. The van der Waals surface area contributed by atoms with Gasteiger partial charge in [-0.15, -0.1) is 0 Å². The van der Waals surface area contributed by atoms with Crippen LogP contribution in [0.15, 0.2) is 114 Å². The van der Waals surface area contributed by atoms with E-state index in [2.05, 4.69) is 23.1 Å². The first kappa shape index (κ1) is 31.6. The zero-order valence-electron chi connectivity index (χ0n) is 26.1. The molecule has 0 atom stereocenters. The van der Waals surface area contributed by atoms with Gasteiger partial charge in [0.15, 0.2) is 16.7 Å². The number of ether oxygens (including phenoxy) is 2. The van der Waals surface area contributed by atoms with E-state index < -0.39 is 0 Å². The number of carbonyl (C=O) groups is 1. The van der Waals surface area contributed by atoms with Crippen LogP contribution < -0.4 is 14.4 Å². The largest absolute Gasteiger partial charge is 0.493 e. The summed E-state index contributed by atoms with van der Waals surface area (Å²) in [4.78, 5) is 27.0. The van der Waals surface area contributed by atoms with Crippen LogP contribution in [0.1, 0.15) is 27.0 Å². The summed E-state index contributed by atoms with van der Waals surface area (Å²) < 4.78 is 10.9. The fourth-order valence-electron chi connectivity index (χ4n) is 4.97. The molecule has 45 heavy (non-hydrogen) atoms. The molecule has 0 bridgehead atoms. The summed E-state index contributed by atoms with van der Waals surface area (Å²) >= 11 is 1.56. The number of nitrogens with zero attached hydrogens (tertiary/aromatic N) is 4. The number of methoxy groups -OCH3 is 2. The van der Waals surface area contributed by atoms with E-state index in [1.807, 2.05) is 105 Å². The summed E-state index contributed by atoms with van der Waals surface area (Å²) in [7, 11) is 7.18. The van der Waals surface area contributed by atoms with Crippen LogP contribution in [-0.4, -0.2) is 55.6 Å². The van der Waals surface area contributed by atoms with Crippen molar-refractivity contribution in [1.29, 1.82) is 0 Å². The molecule has 1 aromatic heterocycles. The standard InChI is InChI=1S/C37H38N4O3S/c1-40(21-20-27-18-19-33(43-3)34(23-27)44-4)35-24-32(30-15-9-6-10-16-30)38-37(39-35)45-26-29-14-11-17-31(22-29)36(42)41(2)25-28-12-7-5-8-13-28/h5-19,22-24H,20-21,25-26H2,1-4H3. The number of carbonyl (C=O) groups excluding carboxylic acids is 1. The Bertz CT molecular complexity index is 1720. The van der Waals surface area contributed by atoms with E-state index in [1.165, 1.54) is 0 Å². The Morgan fingerprint density at radius 3 is 2.18 bits per heavy atom. The summed E-state index contributed by atoms with van der Waals surface area (Å²) in [5, 5.41) is 0.683. The summed E-state index contributed by atoms with van der Waals surface area (Å²) in [5.74, 6) is 2.91. The number of benzene rings is 4. The zero-order chi connectivity index (χ0) is 31.6. The third-order valence-electron chi connectivity index (χ3n) is 7.49. The monoisotopic (exact) mass is 618 g/mol. The lowest BCUT2D eigenvalue weighted by atomic mass is 10.1. The second-order valence-corrected chi connectivity index (χ2v) is 11.7. The van der Waals surface area contributed by atoms with Gasteiger partial charge in [-0.1, -0.05) is 90.6 Å². The highest BCUT2D eigenvalue weighted by atomic mass is 32.2. The molecule has 0 saturated heterocycles. The lowest BCUT2D eigenvalue weighted by Gasteiger charge is -2.20. The van der Waals surface area contributed by atoms with Crippen molar-refractivity contribution in [3.05, 3.63) is 131 Å². The Hall–Kier alpha value is -4.82. The molecule has 0 spiro atoms. The number of anilines is 1. The van der Waals surface area contributed by atoms with Gasteiger partial charge in [0.1, 0.15) is 5.82 Å².